The molecular weight excluding hydrogens is 161 g/mol. The number of rotatable bonds is 0. The van der Waals surface area contributed by atoms with Gasteiger partial charge in [0.25, 0.3) is 0 Å². The molecule has 0 bridgehead atoms. The van der Waals surface area contributed by atoms with Crippen molar-refractivity contribution in [2.75, 3.05) is 0 Å². The van der Waals surface area contributed by atoms with Gasteiger partial charge in [-0.25, -0.2) is 0 Å². The molecule has 0 amide bonds. The Labute approximate surface area is 49.2 Å². The van der Waals surface area contributed by atoms with Gasteiger partial charge < -0.3 is 4.70 Å². The molecule has 4 heteroatoms. The Hall–Kier alpha value is 1.13. The summed E-state index contributed by atoms with van der Waals surface area (Å²) in [6, 6.07) is 0. The van der Waals surface area contributed by atoms with Crippen molar-refractivity contribution in [2.45, 2.75) is 0 Å². The first-order valence-corrected chi connectivity index (χ1v) is 1.37. The molecule has 2 radical (unpaired) electrons. The second-order valence-corrected chi connectivity index (χ2v) is 0. The van der Waals surface area contributed by atoms with Gasteiger partial charge >= 0.3 is 44.4 Å². The molecule has 0 atom stereocenters. The van der Waals surface area contributed by atoms with Crippen LogP contribution in [0.15, 0.2) is 0 Å². The summed E-state index contributed by atoms with van der Waals surface area (Å²) in [6.45, 7) is 0. The zero-order chi connectivity index (χ0) is 2.00. The zero-order valence-corrected chi connectivity index (χ0v) is 5.14. The molecule has 0 saturated carbocycles. The van der Waals surface area contributed by atoms with Crippen LogP contribution in [0.2, 0.25) is 0 Å². The van der Waals surface area contributed by atoms with Crippen LogP contribution in [-0.4, -0.2) is 22.5 Å². The SMILES string of the molecule is [F-].[Li+].[O]=[Sn]. The summed E-state index contributed by atoms with van der Waals surface area (Å²) < 4.78 is 8.34. The number of hydrogen-bond acceptors (Lipinski definition) is 1. The van der Waals surface area contributed by atoms with E-state index in [1.54, 1.807) is 0 Å². The molecule has 0 N–H and O–H groups in total. The average molecular weight is 161 g/mol. The molecule has 4 heavy (non-hydrogen) atoms. The van der Waals surface area contributed by atoms with E-state index in [2.05, 4.69) is 0 Å². The third kappa shape index (κ3) is 11.1. The van der Waals surface area contributed by atoms with Gasteiger partial charge in [-0.15, -0.1) is 0 Å². The van der Waals surface area contributed by atoms with Gasteiger partial charge in [0, 0.05) is 0 Å². The van der Waals surface area contributed by atoms with Gasteiger partial charge in [-0.3, -0.25) is 0 Å². The van der Waals surface area contributed by atoms with E-state index in [0.29, 0.717) is 22.5 Å². The van der Waals surface area contributed by atoms with Gasteiger partial charge in [0.15, 0.2) is 0 Å². The van der Waals surface area contributed by atoms with Gasteiger partial charge in [0.2, 0.25) is 0 Å². The molecule has 18 valence electrons. The molecule has 0 rings (SSSR count). The van der Waals surface area contributed by atoms with E-state index >= 15 is 0 Å². The molecule has 0 aliphatic rings. The summed E-state index contributed by atoms with van der Waals surface area (Å²) in [5.74, 6) is 0. The van der Waals surface area contributed by atoms with Crippen molar-refractivity contribution < 1.29 is 26.6 Å². The van der Waals surface area contributed by atoms with Gasteiger partial charge in [-0.2, -0.15) is 0 Å². The normalized spacial score (nSPS) is 1.00. The summed E-state index contributed by atoms with van der Waals surface area (Å²) in [5.41, 5.74) is 0. The van der Waals surface area contributed by atoms with Crippen molar-refractivity contribution in [3.8, 4) is 0 Å². The molecule has 0 unspecified atom stereocenters. The summed E-state index contributed by atoms with van der Waals surface area (Å²) in [6.07, 6.45) is 0. The van der Waals surface area contributed by atoms with Crippen LogP contribution in [0.5, 0.6) is 0 Å². The van der Waals surface area contributed by atoms with E-state index in [4.69, 9.17) is 3.08 Å². The molecule has 1 nitrogen and oxygen atoms in total. The third-order valence-electron chi connectivity index (χ3n) is 0. The number of halogens is 1. The summed E-state index contributed by atoms with van der Waals surface area (Å²) >= 11 is 0.300. The first kappa shape index (κ1) is 19.3. The number of hydrogen-bond donors (Lipinski definition) is 0. The van der Waals surface area contributed by atoms with Crippen LogP contribution in [0.3, 0.4) is 0 Å². The summed E-state index contributed by atoms with van der Waals surface area (Å²) in [5, 5.41) is 0. The van der Waals surface area contributed by atoms with Gasteiger partial charge in [0.1, 0.15) is 0 Å². The minimum absolute atomic E-state index is 0. The standard InChI is InChI=1S/FH.Li.O.Sn/h1H;;;/q;+1;;/p-1. The van der Waals surface area contributed by atoms with Crippen molar-refractivity contribution >= 4 is 22.5 Å². The molecule has 0 aromatic carbocycles. The van der Waals surface area contributed by atoms with Gasteiger partial charge in [-0.05, 0) is 0 Å². The average Bonchev–Trinajstić information content (AvgIpc) is 1.00. The van der Waals surface area contributed by atoms with Crippen LogP contribution in [0.25, 0.3) is 0 Å². The monoisotopic (exact) mass is 162 g/mol. The third-order valence-corrected chi connectivity index (χ3v) is 0. The molecule has 0 saturated heterocycles. The van der Waals surface area contributed by atoms with Gasteiger partial charge in [0.05, 0.1) is 0 Å². The molecule has 0 aliphatic heterocycles. The Morgan fingerprint density at radius 2 is 1.25 bits per heavy atom. The van der Waals surface area contributed by atoms with E-state index in [1.165, 1.54) is 0 Å². The van der Waals surface area contributed by atoms with Crippen LogP contribution in [-0.2, 0) is 3.08 Å². The summed E-state index contributed by atoms with van der Waals surface area (Å²) in [7, 11) is 0. The fraction of sp³-hybridized carbons (Fsp3) is 0. The van der Waals surface area contributed by atoms with E-state index in [1.807, 2.05) is 0 Å². The molecule has 0 aromatic rings. The molecular formula is FLiOSn. The topological polar surface area (TPSA) is 17.1 Å². The maximum atomic E-state index is 8.34. The van der Waals surface area contributed by atoms with Crippen LogP contribution in [0.1, 0.15) is 0 Å². The minimum atomic E-state index is 0. The van der Waals surface area contributed by atoms with Crippen molar-refractivity contribution in [3.63, 3.8) is 0 Å². The van der Waals surface area contributed by atoms with Crippen molar-refractivity contribution in [1.29, 1.82) is 0 Å². The summed E-state index contributed by atoms with van der Waals surface area (Å²) in [4.78, 5) is 0. The van der Waals surface area contributed by atoms with E-state index in [-0.39, 0.29) is 23.6 Å². The van der Waals surface area contributed by atoms with Crippen molar-refractivity contribution in [3.05, 3.63) is 0 Å². The van der Waals surface area contributed by atoms with Crippen molar-refractivity contribution in [2.24, 2.45) is 0 Å². The van der Waals surface area contributed by atoms with E-state index in [0.717, 1.165) is 0 Å². The van der Waals surface area contributed by atoms with Gasteiger partial charge in [-0.1, -0.05) is 0 Å². The second-order valence-electron chi connectivity index (χ2n) is 0. The molecule has 0 spiro atoms. The predicted octanol–water partition coefficient (Wildman–Crippen LogP) is -6.49. The Morgan fingerprint density at radius 1 is 1.25 bits per heavy atom. The first-order valence-electron chi connectivity index (χ1n) is 0.204. The van der Waals surface area contributed by atoms with Crippen LogP contribution >= 0.6 is 0 Å². The Morgan fingerprint density at radius 3 is 1.25 bits per heavy atom. The maximum absolute atomic E-state index is 8.34. The Balaban J connectivity index is -0.00000000500. The van der Waals surface area contributed by atoms with Crippen LogP contribution in [0.4, 0.5) is 0 Å². The molecule has 0 aliphatic carbocycles. The van der Waals surface area contributed by atoms with Crippen LogP contribution < -0.4 is 23.6 Å². The first-order chi connectivity index (χ1) is 1.00. The molecule has 0 fully saturated rings. The molecule has 0 heterocycles. The molecule has 0 aromatic heterocycles. The van der Waals surface area contributed by atoms with Crippen molar-refractivity contribution in [1.82, 2.24) is 0 Å². The zero-order valence-electron chi connectivity index (χ0n) is 2.29. The Kier molecular flexibility index (Phi) is 153. The van der Waals surface area contributed by atoms with E-state index in [9.17, 15) is 0 Å². The second kappa shape index (κ2) is 31.8. The fourth-order valence-electron chi connectivity index (χ4n) is 0. The quantitative estimate of drug-likeness (QED) is 0.322. The predicted molar refractivity (Wildman–Crippen MR) is 6.44 cm³/mol. The van der Waals surface area contributed by atoms with E-state index < -0.39 is 0 Å². The van der Waals surface area contributed by atoms with Crippen LogP contribution in [0, 0.1) is 0 Å². The Bertz CT molecular complexity index is 8.00. The fourth-order valence-corrected chi connectivity index (χ4v) is 0.